The van der Waals surface area contributed by atoms with Crippen LogP contribution in [0.4, 0.5) is 0 Å². The molecule has 0 N–H and O–H groups in total. The van der Waals surface area contributed by atoms with Crippen molar-refractivity contribution >= 4 is 35.2 Å². The van der Waals surface area contributed by atoms with Crippen LogP contribution >= 0.6 is 23.4 Å². The molecule has 0 saturated carbocycles. The molecule has 2 aliphatic heterocycles. The van der Waals surface area contributed by atoms with E-state index in [0.29, 0.717) is 38.5 Å². The molecule has 0 spiro atoms. The van der Waals surface area contributed by atoms with Crippen LogP contribution in [0.5, 0.6) is 0 Å². The van der Waals surface area contributed by atoms with E-state index < -0.39 is 0 Å². The van der Waals surface area contributed by atoms with Gasteiger partial charge in [-0.15, -0.1) is 11.8 Å². The summed E-state index contributed by atoms with van der Waals surface area (Å²) in [5.74, 6) is 1.44. The summed E-state index contributed by atoms with van der Waals surface area (Å²) < 4.78 is 5.46. The van der Waals surface area contributed by atoms with E-state index in [9.17, 15) is 9.59 Å². The Morgan fingerprint density at radius 3 is 2.64 bits per heavy atom. The highest BCUT2D eigenvalue weighted by atomic mass is 35.5. The van der Waals surface area contributed by atoms with Gasteiger partial charge < -0.3 is 14.5 Å². The second-order valence-corrected chi connectivity index (χ2v) is 7.75. The molecule has 2 aliphatic rings. The molecule has 2 fully saturated rings. The summed E-state index contributed by atoms with van der Waals surface area (Å²) in [6.45, 7) is 3.09. The topological polar surface area (TPSA) is 49.9 Å². The van der Waals surface area contributed by atoms with Gasteiger partial charge in [0.25, 0.3) is 5.91 Å². The number of nitrogens with zero attached hydrogens (tertiary/aromatic N) is 2. The number of thioether (sulfide) groups is 1. The molecule has 1 aromatic rings. The highest BCUT2D eigenvalue weighted by Gasteiger charge is 2.31. The summed E-state index contributed by atoms with van der Waals surface area (Å²) >= 11 is 7.56. The molecule has 0 aromatic heterocycles. The summed E-state index contributed by atoms with van der Waals surface area (Å²) in [5, 5.41) is 0.719. The maximum absolute atomic E-state index is 12.3. The van der Waals surface area contributed by atoms with E-state index in [-0.39, 0.29) is 17.9 Å². The predicted molar refractivity (Wildman–Crippen MR) is 99.7 cm³/mol. The number of hydrogen-bond donors (Lipinski definition) is 0. The van der Waals surface area contributed by atoms with Crippen molar-refractivity contribution < 1.29 is 14.3 Å². The van der Waals surface area contributed by atoms with Gasteiger partial charge in [0.2, 0.25) is 5.91 Å². The van der Waals surface area contributed by atoms with Crippen LogP contribution in [-0.2, 0) is 20.1 Å². The van der Waals surface area contributed by atoms with E-state index in [0.717, 1.165) is 29.2 Å². The number of rotatable bonds is 5. The molecule has 1 aromatic carbocycles. The predicted octanol–water partition coefficient (Wildman–Crippen LogP) is 2.42. The largest absolute Gasteiger partial charge is 0.368 e. The Balaban J connectivity index is 1.38. The van der Waals surface area contributed by atoms with Crippen LogP contribution in [-0.4, -0.2) is 66.3 Å². The zero-order valence-electron chi connectivity index (χ0n) is 14.2. The van der Waals surface area contributed by atoms with Gasteiger partial charge in [-0.25, -0.2) is 0 Å². The van der Waals surface area contributed by atoms with Crippen molar-refractivity contribution in [3.63, 3.8) is 0 Å². The Labute approximate surface area is 157 Å². The Kier molecular flexibility index (Phi) is 6.62. The normalized spacial score (nSPS) is 20.8. The summed E-state index contributed by atoms with van der Waals surface area (Å²) in [7, 11) is 0. The molecule has 7 heteroatoms. The van der Waals surface area contributed by atoms with Crippen LogP contribution in [0.1, 0.15) is 18.4 Å². The second-order valence-electron chi connectivity index (χ2n) is 6.33. The van der Waals surface area contributed by atoms with E-state index in [4.69, 9.17) is 16.3 Å². The smallest absolute Gasteiger partial charge is 0.251 e. The second kappa shape index (κ2) is 8.92. The fourth-order valence-corrected chi connectivity index (χ4v) is 4.21. The molecule has 2 saturated heterocycles. The SMILES string of the molecule is O=C(CSCc1cccc(Cl)c1)N1CCN(C(=O)C2CCCO2)CC1. The maximum atomic E-state index is 12.3. The van der Waals surface area contributed by atoms with Crippen LogP contribution in [0.3, 0.4) is 0 Å². The van der Waals surface area contributed by atoms with Gasteiger partial charge in [-0.05, 0) is 30.5 Å². The van der Waals surface area contributed by atoms with E-state index in [1.54, 1.807) is 11.8 Å². The van der Waals surface area contributed by atoms with Crippen molar-refractivity contribution in [2.75, 3.05) is 38.5 Å². The molecule has 25 heavy (non-hydrogen) atoms. The van der Waals surface area contributed by atoms with Gasteiger partial charge in [0.15, 0.2) is 0 Å². The van der Waals surface area contributed by atoms with Crippen LogP contribution in [0.15, 0.2) is 24.3 Å². The maximum Gasteiger partial charge on any atom is 0.251 e. The number of halogens is 1. The summed E-state index contributed by atoms with van der Waals surface area (Å²) in [5.41, 5.74) is 1.12. The molecule has 5 nitrogen and oxygen atoms in total. The van der Waals surface area contributed by atoms with Gasteiger partial charge in [-0.3, -0.25) is 9.59 Å². The Morgan fingerprint density at radius 1 is 1.20 bits per heavy atom. The first-order chi connectivity index (χ1) is 12.1. The third-order valence-corrected chi connectivity index (χ3v) is 5.76. The minimum absolute atomic E-state index is 0.0833. The third-order valence-electron chi connectivity index (χ3n) is 4.53. The summed E-state index contributed by atoms with van der Waals surface area (Å²) in [4.78, 5) is 28.3. The monoisotopic (exact) mass is 382 g/mol. The molecule has 3 rings (SSSR count). The number of benzene rings is 1. The number of ether oxygens (including phenoxy) is 1. The quantitative estimate of drug-likeness (QED) is 0.784. The Bertz CT molecular complexity index is 614. The molecule has 2 heterocycles. The Morgan fingerprint density at radius 2 is 1.96 bits per heavy atom. The van der Waals surface area contributed by atoms with E-state index in [1.165, 1.54) is 0 Å². The van der Waals surface area contributed by atoms with Crippen molar-refractivity contribution in [3.05, 3.63) is 34.9 Å². The Hall–Kier alpha value is -1.24. The van der Waals surface area contributed by atoms with Crippen molar-refractivity contribution in [1.29, 1.82) is 0 Å². The fraction of sp³-hybridized carbons (Fsp3) is 0.556. The van der Waals surface area contributed by atoms with Gasteiger partial charge in [0, 0.05) is 43.6 Å². The minimum Gasteiger partial charge on any atom is -0.368 e. The number of carbonyl (C=O) groups excluding carboxylic acids is 2. The molecule has 0 radical (unpaired) electrons. The van der Waals surface area contributed by atoms with Crippen molar-refractivity contribution in [3.8, 4) is 0 Å². The van der Waals surface area contributed by atoms with Gasteiger partial charge >= 0.3 is 0 Å². The van der Waals surface area contributed by atoms with Crippen molar-refractivity contribution in [2.24, 2.45) is 0 Å². The van der Waals surface area contributed by atoms with Crippen LogP contribution in [0.2, 0.25) is 5.02 Å². The lowest BCUT2D eigenvalue weighted by atomic mass is 10.2. The number of amides is 2. The van der Waals surface area contributed by atoms with E-state index in [1.807, 2.05) is 34.1 Å². The molecular formula is C18H23ClN2O3S. The number of hydrogen-bond acceptors (Lipinski definition) is 4. The summed E-state index contributed by atoms with van der Waals surface area (Å²) in [6, 6.07) is 7.70. The lowest BCUT2D eigenvalue weighted by Crippen LogP contribution is -2.53. The van der Waals surface area contributed by atoms with E-state index >= 15 is 0 Å². The van der Waals surface area contributed by atoms with Gasteiger partial charge in [0.1, 0.15) is 6.10 Å². The van der Waals surface area contributed by atoms with Gasteiger partial charge in [-0.1, -0.05) is 23.7 Å². The molecular weight excluding hydrogens is 360 g/mol. The number of carbonyl (C=O) groups is 2. The minimum atomic E-state index is -0.268. The summed E-state index contributed by atoms with van der Waals surface area (Å²) in [6.07, 6.45) is 1.51. The van der Waals surface area contributed by atoms with Crippen molar-refractivity contribution in [1.82, 2.24) is 9.80 Å². The molecule has 0 aliphatic carbocycles. The first kappa shape index (κ1) is 18.5. The molecule has 2 amide bonds. The number of piperazine rings is 1. The lowest BCUT2D eigenvalue weighted by Gasteiger charge is -2.35. The van der Waals surface area contributed by atoms with E-state index in [2.05, 4.69) is 0 Å². The highest BCUT2D eigenvalue weighted by molar-refractivity contribution is 7.99. The molecule has 0 bridgehead atoms. The van der Waals surface area contributed by atoms with Crippen LogP contribution < -0.4 is 0 Å². The van der Waals surface area contributed by atoms with Crippen molar-refractivity contribution in [2.45, 2.75) is 24.7 Å². The first-order valence-electron chi connectivity index (χ1n) is 8.64. The standard InChI is InChI=1S/C18H23ClN2O3S/c19-15-4-1-3-14(11-15)12-25-13-17(22)20-6-8-21(9-7-20)18(23)16-5-2-10-24-16/h1,3-4,11,16H,2,5-10,12-13H2. The zero-order chi connectivity index (χ0) is 17.6. The fourth-order valence-electron chi connectivity index (χ4n) is 3.13. The van der Waals surface area contributed by atoms with Crippen LogP contribution in [0.25, 0.3) is 0 Å². The average molecular weight is 383 g/mol. The van der Waals surface area contributed by atoms with Gasteiger partial charge in [-0.2, -0.15) is 0 Å². The zero-order valence-corrected chi connectivity index (χ0v) is 15.7. The molecule has 136 valence electrons. The lowest BCUT2D eigenvalue weighted by molar-refractivity contribution is -0.145. The average Bonchev–Trinajstić information content (AvgIpc) is 3.16. The third kappa shape index (κ3) is 5.12. The highest BCUT2D eigenvalue weighted by Crippen LogP contribution is 2.18. The molecule has 1 atom stereocenters. The van der Waals surface area contributed by atoms with Gasteiger partial charge in [0.05, 0.1) is 5.75 Å². The first-order valence-corrected chi connectivity index (χ1v) is 10.2. The van der Waals surface area contributed by atoms with Crippen LogP contribution in [0, 0.1) is 0 Å². The molecule has 1 unspecified atom stereocenters.